The predicted octanol–water partition coefficient (Wildman–Crippen LogP) is 0.921. The molecular formula is C11H18N4O. The number of aromatic nitrogens is 2. The molecule has 1 aromatic heterocycles. The number of rotatable bonds is 6. The summed E-state index contributed by atoms with van der Waals surface area (Å²) in [4.78, 5) is 10.9. The number of nitrogens with one attached hydrogen (secondary N) is 1. The molecule has 16 heavy (non-hydrogen) atoms. The van der Waals surface area contributed by atoms with Crippen LogP contribution in [0.5, 0.6) is 0 Å². The van der Waals surface area contributed by atoms with Gasteiger partial charge in [-0.1, -0.05) is 0 Å². The molecule has 0 radical (unpaired) electrons. The molecule has 1 aromatic rings. The van der Waals surface area contributed by atoms with Gasteiger partial charge in [0.2, 0.25) is 5.91 Å². The average Bonchev–Trinajstić information content (AvgIpc) is 3.05. The molecule has 0 spiro atoms. The Bertz CT molecular complexity index is 357. The molecule has 1 aliphatic rings. The van der Waals surface area contributed by atoms with E-state index in [0.717, 1.165) is 19.4 Å². The molecule has 0 atom stereocenters. The molecular weight excluding hydrogens is 204 g/mol. The number of hydrogen-bond acceptors (Lipinski definition) is 3. The summed E-state index contributed by atoms with van der Waals surface area (Å²) in [6, 6.07) is 2.10. The number of carbonyl (C=O) groups excluding carboxylic acids is 1. The van der Waals surface area contributed by atoms with Gasteiger partial charge in [-0.25, -0.2) is 5.84 Å². The first kappa shape index (κ1) is 11.1. The molecule has 1 heterocycles. The summed E-state index contributed by atoms with van der Waals surface area (Å²) in [5, 5.41) is 4.50. The molecule has 1 fully saturated rings. The average molecular weight is 222 g/mol. The molecule has 3 N–H and O–H groups in total. The van der Waals surface area contributed by atoms with Crippen LogP contribution in [0.4, 0.5) is 0 Å². The third kappa shape index (κ3) is 3.06. The van der Waals surface area contributed by atoms with Gasteiger partial charge in [0, 0.05) is 25.1 Å². The van der Waals surface area contributed by atoms with Crippen LogP contribution in [0.2, 0.25) is 0 Å². The monoisotopic (exact) mass is 222 g/mol. The number of nitrogens with zero attached hydrogens (tertiary/aromatic N) is 2. The van der Waals surface area contributed by atoms with E-state index in [1.54, 1.807) is 0 Å². The molecule has 0 unspecified atom stereocenters. The van der Waals surface area contributed by atoms with Crippen molar-refractivity contribution < 1.29 is 4.79 Å². The van der Waals surface area contributed by atoms with Crippen molar-refractivity contribution in [3.05, 3.63) is 18.0 Å². The lowest BCUT2D eigenvalue weighted by atomic mass is 10.2. The van der Waals surface area contributed by atoms with E-state index in [2.05, 4.69) is 16.6 Å². The Kier molecular flexibility index (Phi) is 3.56. The van der Waals surface area contributed by atoms with Gasteiger partial charge in [-0.05, 0) is 31.7 Å². The van der Waals surface area contributed by atoms with Crippen LogP contribution in [0.1, 0.15) is 43.7 Å². The van der Waals surface area contributed by atoms with E-state index in [9.17, 15) is 4.79 Å². The fourth-order valence-electron chi connectivity index (χ4n) is 1.73. The van der Waals surface area contributed by atoms with Gasteiger partial charge in [-0.15, -0.1) is 0 Å². The number of hydrazine groups is 1. The van der Waals surface area contributed by atoms with Gasteiger partial charge in [-0.2, -0.15) is 5.10 Å². The van der Waals surface area contributed by atoms with Crippen molar-refractivity contribution in [2.24, 2.45) is 5.84 Å². The van der Waals surface area contributed by atoms with Gasteiger partial charge in [0.1, 0.15) is 0 Å². The smallest absolute Gasteiger partial charge is 0.233 e. The van der Waals surface area contributed by atoms with Crippen LogP contribution in [0.3, 0.4) is 0 Å². The Morgan fingerprint density at radius 1 is 1.56 bits per heavy atom. The van der Waals surface area contributed by atoms with Crippen LogP contribution in [0, 0.1) is 0 Å². The highest BCUT2D eigenvalue weighted by Crippen LogP contribution is 2.38. The first-order chi connectivity index (χ1) is 7.79. The minimum absolute atomic E-state index is 0.0980. The molecule has 0 saturated heterocycles. The van der Waals surface area contributed by atoms with E-state index < -0.39 is 0 Å². The second-order valence-electron chi connectivity index (χ2n) is 4.30. The Morgan fingerprint density at radius 2 is 2.38 bits per heavy atom. The lowest BCUT2D eigenvalue weighted by molar-refractivity contribution is -0.121. The van der Waals surface area contributed by atoms with Crippen LogP contribution in [0.15, 0.2) is 12.3 Å². The number of carbonyl (C=O) groups is 1. The molecule has 5 heteroatoms. The second kappa shape index (κ2) is 5.12. The fraction of sp³-hybridized carbons (Fsp3) is 0.636. The lowest BCUT2D eigenvalue weighted by Crippen LogP contribution is -2.29. The molecule has 1 amide bonds. The first-order valence-electron chi connectivity index (χ1n) is 5.82. The topological polar surface area (TPSA) is 72.9 Å². The van der Waals surface area contributed by atoms with Crippen LogP contribution in [-0.2, 0) is 11.3 Å². The maximum absolute atomic E-state index is 10.9. The Morgan fingerprint density at radius 3 is 3.06 bits per heavy atom. The highest BCUT2D eigenvalue weighted by molar-refractivity contribution is 5.74. The van der Waals surface area contributed by atoms with E-state index in [1.807, 2.05) is 10.9 Å². The first-order valence-corrected chi connectivity index (χ1v) is 5.82. The van der Waals surface area contributed by atoms with Gasteiger partial charge in [0.05, 0.1) is 5.69 Å². The zero-order valence-electron chi connectivity index (χ0n) is 9.35. The molecule has 88 valence electrons. The lowest BCUT2D eigenvalue weighted by Gasteiger charge is -2.01. The van der Waals surface area contributed by atoms with Crippen LogP contribution < -0.4 is 11.3 Å². The van der Waals surface area contributed by atoms with E-state index in [0.29, 0.717) is 12.3 Å². The van der Waals surface area contributed by atoms with E-state index >= 15 is 0 Å². The van der Waals surface area contributed by atoms with Crippen LogP contribution >= 0.6 is 0 Å². The van der Waals surface area contributed by atoms with Crippen molar-refractivity contribution in [3.8, 4) is 0 Å². The van der Waals surface area contributed by atoms with Crippen molar-refractivity contribution in [2.75, 3.05) is 0 Å². The van der Waals surface area contributed by atoms with E-state index in [4.69, 9.17) is 5.84 Å². The standard InChI is InChI=1S/C11H18N4O/c12-13-11(16)3-1-2-7-15-8-6-10(14-15)9-4-5-9/h6,8-9H,1-5,7,12H2,(H,13,16). The van der Waals surface area contributed by atoms with Crippen LogP contribution in [0.25, 0.3) is 0 Å². The third-order valence-electron chi connectivity index (χ3n) is 2.86. The molecule has 0 aromatic carbocycles. The van der Waals surface area contributed by atoms with Crippen molar-refractivity contribution in [2.45, 2.75) is 44.6 Å². The Balaban J connectivity index is 1.66. The second-order valence-corrected chi connectivity index (χ2v) is 4.30. The Hall–Kier alpha value is -1.36. The van der Waals surface area contributed by atoms with Crippen molar-refractivity contribution in [1.82, 2.24) is 15.2 Å². The number of aryl methyl sites for hydroxylation is 1. The van der Waals surface area contributed by atoms with E-state index in [1.165, 1.54) is 18.5 Å². The largest absolute Gasteiger partial charge is 0.294 e. The molecule has 2 rings (SSSR count). The zero-order valence-corrected chi connectivity index (χ0v) is 9.35. The maximum Gasteiger partial charge on any atom is 0.233 e. The molecule has 1 aliphatic carbocycles. The fourth-order valence-corrected chi connectivity index (χ4v) is 1.73. The van der Waals surface area contributed by atoms with Gasteiger partial charge in [0.25, 0.3) is 0 Å². The SMILES string of the molecule is NNC(=O)CCCCn1ccc(C2CC2)n1. The minimum Gasteiger partial charge on any atom is -0.294 e. The summed E-state index contributed by atoms with van der Waals surface area (Å²) >= 11 is 0. The number of hydrogen-bond donors (Lipinski definition) is 2. The number of amides is 1. The van der Waals surface area contributed by atoms with Crippen molar-refractivity contribution in [1.29, 1.82) is 0 Å². The Labute approximate surface area is 95.0 Å². The van der Waals surface area contributed by atoms with Crippen molar-refractivity contribution >= 4 is 5.91 Å². The molecule has 0 aliphatic heterocycles. The van der Waals surface area contributed by atoms with Gasteiger partial charge < -0.3 is 0 Å². The quantitative estimate of drug-likeness (QED) is 0.325. The number of unbranched alkanes of at least 4 members (excludes halogenated alkanes) is 1. The maximum atomic E-state index is 10.9. The molecule has 0 bridgehead atoms. The number of nitrogens with two attached hydrogens (primary N) is 1. The third-order valence-corrected chi connectivity index (χ3v) is 2.86. The predicted molar refractivity (Wildman–Crippen MR) is 60.4 cm³/mol. The van der Waals surface area contributed by atoms with Gasteiger partial charge in [0.15, 0.2) is 0 Å². The molecule has 1 saturated carbocycles. The highest BCUT2D eigenvalue weighted by Gasteiger charge is 2.25. The van der Waals surface area contributed by atoms with Gasteiger partial charge in [-0.3, -0.25) is 14.9 Å². The summed E-state index contributed by atoms with van der Waals surface area (Å²) in [5.74, 6) is 5.61. The molecule has 5 nitrogen and oxygen atoms in total. The summed E-state index contributed by atoms with van der Waals surface area (Å²) in [6.07, 6.45) is 6.89. The summed E-state index contributed by atoms with van der Waals surface area (Å²) in [6.45, 7) is 0.880. The zero-order chi connectivity index (χ0) is 11.4. The summed E-state index contributed by atoms with van der Waals surface area (Å²) in [7, 11) is 0. The summed E-state index contributed by atoms with van der Waals surface area (Å²) < 4.78 is 1.97. The highest BCUT2D eigenvalue weighted by atomic mass is 16.2. The van der Waals surface area contributed by atoms with Crippen molar-refractivity contribution in [3.63, 3.8) is 0 Å². The van der Waals surface area contributed by atoms with Gasteiger partial charge >= 0.3 is 0 Å². The van der Waals surface area contributed by atoms with E-state index in [-0.39, 0.29) is 5.91 Å². The van der Waals surface area contributed by atoms with Crippen LogP contribution in [-0.4, -0.2) is 15.7 Å². The minimum atomic E-state index is -0.0980. The summed E-state index contributed by atoms with van der Waals surface area (Å²) in [5.41, 5.74) is 3.35. The normalized spacial score (nSPS) is 15.1.